The van der Waals surface area contributed by atoms with Gasteiger partial charge in [0, 0.05) is 16.3 Å². The number of anilines is 2. The number of oxazole rings is 1. The maximum atomic E-state index is 13.3. The molecule has 0 aliphatic rings. The van der Waals surface area contributed by atoms with Crippen LogP contribution in [0.3, 0.4) is 0 Å². The van der Waals surface area contributed by atoms with Crippen LogP contribution in [-0.2, 0) is 9.84 Å². The average Bonchev–Trinajstić information content (AvgIpc) is 3.20. The molecule has 0 fully saturated rings. The number of halogens is 1. The summed E-state index contributed by atoms with van der Waals surface area (Å²) in [4.78, 5) is 4.37. The van der Waals surface area contributed by atoms with Crippen molar-refractivity contribution in [2.75, 3.05) is 12.4 Å². The molecule has 0 spiro atoms. The van der Waals surface area contributed by atoms with E-state index < -0.39 is 9.84 Å². The van der Waals surface area contributed by atoms with Crippen LogP contribution in [-0.4, -0.2) is 20.5 Å². The number of sulfone groups is 1. The lowest BCUT2D eigenvalue weighted by molar-refractivity contribution is 0.415. The minimum absolute atomic E-state index is 0.0222. The molecule has 152 valence electrons. The summed E-state index contributed by atoms with van der Waals surface area (Å²) in [7, 11) is -2.39. The number of rotatable bonds is 6. The molecule has 4 aromatic rings. The normalized spacial score (nSPS) is 11.3. The minimum Gasteiger partial charge on any atom is -0.497 e. The highest BCUT2D eigenvalue weighted by Gasteiger charge is 2.28. The van der Waals surface area contributed by atoms with Gasteiger partial charge in [-0.3, -0.25) is 0 Å². The van der Waals surface area contributed by atoms with E-state index in [4.69, 9.17) is 20.8 Å². The van der Waals surface area contributed by atoms with Gasteiger partial charge in [-0.05, 0) is 60.7 Å². The van der Waals surface area contributed by atoms with Crippen LogP contribution in [0.1, 0.15) is 0 Å². The molecule has 0 saturated carbocycles. The SMILES string of the molecule is COc1ccc(Nc2oc(-c3ccccc3)nc2S(=O)(=O)c2ccc(Cl)cc2)cc1. The fourth-order valence-electron chi connectivity index (χ4n) is 2.80. The van der Waals surface area contributed by atoms with Crippen molar-refractivity contribution >= 4 is 33.0 Å². The molecular formula is C22H17ClN2O4S. The maximum Gasteiger partial charge on any atom is 0.238 e. The first-order valence-corrected chi connectivity index (χ1v) is 10.8. The molecule has 6 nitrogen and oxygen atoms in total. The van der Waals surface area contributed by atoms with Crippen molar-refractivity contribution < 1.29 is 17.6 Å². The van der Waals surface area contributed by atoms with Gasteiger partial charge in [-0.25, -0.2) is 8.42 Å². The molecule has 8 heteroatoms. The van der Waals surface area contributed by atoms with E-state index in [2.05, 4.69) is 10.3 Å². The number of benzene rings is 3. The monoisotopic (exact) mass is 440 g/mol. The van der Waals surface area contributed by atoms with Crippen LogP contribution in [0.2, 0.25) is 5.02 Å². The van der Waals surface area contributed by atoms with E-state index in [0.717, 1.165) is 0 Å². The van der Waals surface area contributed by atoms with Gasteiger partial charge in [-0.2, -0.15) is 4.98 Å². The third-order valence-corrected chi connectivity index (χ3v) is 6.27. The fourth-order valence-corrected chi connectivity index (χ4v) is 4.19. The highest BCUT2D eigenvalue weighted by atomic mass is 35.5. The number of nitrogens with zero attached hydrogens (tertiary/aromatic N) is 1. The summed E-state index contributed by atoms with van der Waals surface area (Å²) in [6, 6.07) is 22.0. The molecule has 0 amide bonds. The van der Waals surface area contributed by atoms with Crippen LogP contribution in [0.5, 0.6) is 5.75 Å². The Hall–Kier alpha value is -3.29. The van der Waals surface area contributed by atoms with Crippen LogP contribution in [0.25, 0.3) is 11.5 Å². The highest BCUT2D eigenvalue weighted by molar-refractivity contribution is 7.91. The molecule has 0 atom stereocenters. The first-order chi connectivity index (χ1) is 14.5. The first kappa shape index (κ1) is 20.0. The second kappa shape index (κ2) is 8.22. The van der Waals surface area contributed by atoms with E-state index in [1.165, 1.54) is 24.3 Å². The van der Waals surface area contributed by atoms with E-state index in [-0.39, 0.29) is 21.7 Å². The Kier molecular flexibility index (Phi) is 5.48. The fraction of sp³-hybridized carbons (Fsp3) is 0.0455. The molecule has 0 bridgehead atoms. The van der Waals surface area contributed by atoms with Crippen molar-refractivity contribution in [2.45, 2.75) is 9.92 Å². The van der Waals surface area contributed by atoms with Gasteiger partial charge in [-0.1, -0.05) is 29.8 Å². The molecule has 1 N–H and O–H groups in total. The minimum atomic E-state index is -3.96. The zero-order valence-electron chi connectivity index (χ0n) is 15.9. The first-order valence-electron chi connectivity index (χ1n) is 8.95. The van der Waals surface area contributed by atoms with Gasteiger partial charge in [0.25, 0.3) is 0 Å². The molecule has 1 aromatic heterocycles. The van der Waals surface area contributed by atoms with Gasteiger partial charge in [0.1, 0.15) is 5.75 Å². The lowest BCUT2D eigenvalue weighted by Crippen LogP contribution is -2.05. The number of ether oxygens (including phenoxy) is 1. The van der Waals surface area contributed by atoms with E-state index >= 15 is 0 Å². The number of nitrogens with one attached hydrogen (secondary N) is 1. The van der Waals surface area contributed by atoms with Crippen molar-refractivity contribution in [3.63, 3.8) is 0 Å². The Labute approximate surface area is 179 Å². The van der Waals surface area contributed by atoms with Crippen LogP contribution in [0.4, 0.5) is 11.6 Å². The zero-order valence-corrected chi connectivity index (χ0v) is 17.4. The summed E-state index contributed by atoms with van der Waals surface area (Å²) in [5, 5.41) is 3.24. The smallest absolute Gasteiger partial charge is 0.238 e. The van der Waals surface area contributed by atoms with Gasteiger partial charge in [0.2, 0.25) is 26.6 Å². The lowest BCUT2D eigenvalue weighted by atomic mass is 10.2. The van der Waals surface area contributed by atoms with Crippen molar-refractivity contribution in [3.05, 3.63) is 83.9 Å². The standard InChI is InChI=1S/C22H17ClN2O4S/c1-28-18-11-9-17(10-12-18)24-21-22(25-20(29-21)15-5-3-2-4-6-15)30(26,27)19-13-7-16(23)8-14-19/h2-14,24H,1H3. The van der Waals surface area contributed by atoms with Crippen LogP contribution >= 0.6 is 11.6 Å². The Morgan fingerprint density at radius 1 is 0.933 bits per heavy atom. The van der Waals surface area contributed by atoms with E-state index in [1.807, 2.05) is 18.2 Å². The van der Waals surface area contributed by atoms with Crippen LogP contribution in [0, 0.1) is 0 Å². The third kappa shape index (κ3) is 4.03. The van der Waals surface area contributed by atoms with Gasteiger partial charge in [-0.15, -0.1) is 0 Å². The summed E-state index contributed by atoms with van der Waals surface area (Å²) in [5.41, 5.74) is 1.28. The molecule has 30 heavy (non-hydrogen) atoms. The summed E-state index contributed by atoms with van der Waals surface area (Å²) >= 11 is 5.90. The maximum absolute atomic E-state index is 13.3. The second-order valence-electron chi connectivity index (χ2n) is 6.33. The van der Waals surface area contributed by atoms with Gasteiger partial charge in [0.15, 0.2) is 0 Å². The Bertz CT molecular complexity index is 1250. The zero-order chi connectivity index (χ0) is 21.1. The molecule has 0 aliphatic heterocycles. The molecular weight excluding hydrogens is 424 g/mol. The van der Waals surface area contributed by atoms with Crippen molar-refractivity contribution in [1.82, 2.24) is 4.98 Å². The van der Waals surface area contributed by atoms with Crippen molar-refractivity contribution in [3.8, 4) is 17.2 Å². The van der Waals surface area contributed by atoms with Crippen LogP contribution in [0.15, 0.2) is 93.2 Å². The van der Waals surface area contributed by atoms with Crippen LogP contribution < -0.4 is 10.1 Å². The number of hydrogen-bond donors (Lipinski definition) is 1. The Morgan fingerprint density at radius 2 is 1.60 bits per heavy atom. The number of methoxy groups -OCH3 is 1. The topological polar surface area (TPSA) is 81.4 Å². The van der Waals surface area contributed by atoms with E-state index in [1.54, 1.807) is 43.5 Å². The summed E-state index contributed by atoms with van der Waals surface area (Å²) in [6.07, 6.45) is 0. The molecule has 0 radical (unpaired) electrons. The molecule has 3 aromatic carbocycles. The van der Waals surface area contributed by atoms with Gasteiger partial charge < -0.3 is 14.5 Å². The summed E-state index contributed by atoms with van der Waals surface area (Å²) in [5.74, 6) is 0.894. The quantitative estimate of drug-likeness (QED) is 0.421. The lowest BCUT2D eigenvalue weighted by Gasteiger charge is -2.07. The Morgan fingerprint density at radius 3 is 2.23 bits per heavy atom. The molecule has 1 heterocycles. The van der Waals surface area contributed by atoms with Gasteiger partial charge in [0.05, 0.1) is 12.0 Å². The highest BCUT2D eigenvalue weighted by Crippen LogP contribution is 2.34. The third-order valence-electron chi connectivity index (χ3n) is 4.34. The molecule has 4 rings (SSSR count). The predicted molar refractivity (Wildman–Crippen MR) is 115 cm³/mol. The summed E-state index contributed by atoms with van der Waals surface area (Å²) in [6.45, 7) is 0. The Balaban J connectivity index is 1.80. The van der Waals surface area contributed by atoms with Crippen molar-refractivity contribution in [2.24, 2.45) is 0 Å². The summed E-state index contributed by atoms with van der Waals surface area (Å²) < 4.78 is 37.5. The van der Waals surface area contributed by atoms with Gasteiger partial charge >= 0.3 is 0 Å². The number of aromatic nitrogens is 1. The molecule has 0 unspecified atom stereocenters. The largest absolute Gasteiger partial charge is 0.497 e. The number of hydrogen-bond acceptors (Lipinski definition) is 6. The second-order valence-corrected chi connectivity index (χ2v) is 8.63. The van der Waals surface area contributed by atoms with E-state index in [0.29, 0.717) is 22.0 Å². The molecule has 0 aliphatic carbocycles. The van der Waals surface area contributed by atoms with E-state index in [9.17, 15) is 8.42 Å². The average molecular weight is 441 g/mol. The molecule has 0 saturated heterocycles. The van der Waals surface area contributed by atoms with Crippen molar-refractivity contribution in [1.29, 1.82) is 0 Å². The predicted octanol–water partition coefficient (Wildman–Crippen LogP) is 5.58.